The van der Waals surface area contributed by atoms with Crippen molar-refractivity contribution in [2.24, 2.45) is 5.73 Å². The molecule has 0 radical (unpaired) electrons. The van der Waals surface area contributed by atoms with E-state index in [1.54, 1.807) is 12.1 Å². The van der Waals surface area contributed by atoms with E-state index < -0.39 is 0 Å². The molecule has 20 heavy (non-hydrogen) atoms. The van der Waals surface area contributed by atoms with Gasteiger partial charge in [0.25, 0.3) is 0 Å². The second kappa shape index (κ2) is 6.66. The van der Waals surface area contributed by atoms with Gasteiger partial charge in [-0.1, -0.05) is 25.0 Å². The van der Waals surface area contributed by atoms with E-state index in [1.807, 2.05) is 14.0 Å². The zero-order valence-corrected chi connectivity index (χ0v) is 12.3. The minimum absolute atomic E-state index is 0.00616. The Labute approximate surface area is 120 Å². The van der Waals surface area contributed by atoms with Crippen LogP contribution in [0.25, 0.3) is 0 Å². The number of benzene rings is 1. The van der Waals surface area contributed by atoms with Crippen molar-refractivity contribution < 1.29 is 9.50 Å². The molecule has 4 unspecified atom stereocenters. The van der Waals surface area contributed by atoms with Crippen LogP contribution in [-0.2, 0) is 0 Å². The number of hydrogen-bond donors (Lipinski definition) is 2. The van der Waals surface area contributed by atoms with Crippen LogP contribution in [0.4, 0.5) is 4.39 Å². The lowest BCUT2D eigenvalue weighted by Crippen LogP contribution is -2.49. The molecule has 0 amide bonds. The van der Waals surface area contributed by atoms with Crippen LogP contribution in [0.1, 0.15) is 44.2 Å². The van der Waals surface area contributed by atoms with Gasteiger partial charge in [0, 0.05) is 18.1 Å². The number of aliphatic hydroxyl groups is 1. The van der Waals surface area contributed by atoms with E-state index in [0.29, 0.717) is 0 Å². The van der Waals surface area contributed by atoms with E-state index >= 15 is 0 Å². The fourth-order valence-electron chi connectivity index (χ4n) is 3.34. The van der Waals surface area contributed by atoms with Crippen molar-refractivity contribution in [3.63, 3.8) is 0 Å². The van der Waals surface area contributed by atoms with Crippen LogP contribution in [0, 0.1) is 5.82 Å². The molecule has 3 nitrogen and oxygen atoms in total. The molecule has 4 atom stereocenters. The third-order valence-electron chi connectivity index (χ3n) is 4.37. The maximum atomic E-state index is 13.1. The molecule has 1 aliphatic carbocycles. The molecule has 112 valence electrons. The average Bonchev–Trinajstić information content (AvgIpc) is 2.41. The van der Waals surface area contributed by atoms with Crippen LogP contribution in [0.15, 0.2) is 24.3 Å². The van der Waals surface area contributed by atoms with Crippen LogP contribution in [0.2, 0.25) is 0 Å². The van der Waals surface area contributed by atoms with Gasteiger partial charge in [0.1, 0.15) is 5.82 Å². The largest absolute Gasteiger partial charge is 0.391 e. The van der Waals surface area contributed by atoms with Crippen LogP contribution in [0.3, 0.4) is 0 Å². The van der Waals surface area contributed by atoms with Crippen molar-refractivity contribution >= 4 is 0 Å². The Balaban J connectivity index is 2.21. The fourth-order valence-corrected chi connectivity index (χ4v) is 3.34. The standard InChI is InChI=1S/C16H25FN2O/c1-11(18)16(12-7-9-13(17)10-8-12)19(2)14-5-3-4-6-15(14)20/h7-11,14-16,20H,3-6,18H2,1-2H3. The third-order valence-corrected chi connectivity index (χ3v) is 4.37. The summed E-state index contributed by atoms with van der Waals surface area (Å²) in [6.07, 6.45) is 3.77. The molecule has 1 aromatic rings. The van der Waals surface area contributed by atoms with E-state index in [4.69, 9.17) is 5.73 Å². The SMILES string of the molecule is CC(N)C(c1ccc(F)cc1)N(C)C1CCCCC1O. The second-order valence-electron chi connectivity index (χ2n) is 5.94. The molecule has 0 aliphatic heterocycles. The highest BCUT2D eigenvalue weighted by molar-refractivity contribution is 5.21. The highest BCUT2D eigenvalue weighted by Crippen LogP contribution is 2.30. The maximum Gasteiger partial charge on any atom is 0.123 e. The summed E-state index contributed by atoms with van der Waals surface area (Å²) in [6.45, 7) is 1.96. The molecule has 1 aliphatic rings. The minimum atomic E-state index is -0.296. The van der Waals surface area contributed by atoms with Crippen molar-refractivity contribution in [2.45, 2.75) is 56.8 Å². The number of nitrogens with two attached hydrogens (primary N) is 1. The molecule has 1 aromatic carbocycles. The predicted octanol–water partition coefficient (Wildman–Crippen LogP) is 2.45. The normalized spacial score (nSPS) is 26.5. The van der Waals surface area contributed by atoms with E-state index in [0.717, 1.165) is 31.2 Å². The van der Waals surface area contributed by atoms with Gasteiger partial charge >= 0.3 is 0 Å². The Morgan fingerprint density at radius 3 is 2.40 bits per heavy atom. The summed E-state index contributed by atoms with van der Waals surface area (Å²) in [6, 6.07) is 6.55. The van der Waals surface area contributed by atoms with Gasteiger partial charge < -0.3 is 10.8 Å². The summed E-state index contributed by atoms with van der Waals surface area (Å²) in [5.41, 5.74) is 7.14. The van der Waals surface area contributed by atoms with Crippen LogP contribution in [-0.4, -0.2) is 35.2 Å². The summed E-state index contributed by atoms with van der Waals surface area (Å²) in [4.78, 5) is 2.17. The average molecular weight is 280 g/mol. The van der Waals surface area contributed by atoms with Gasteiger partial charge in [-0.05, 0) is 44.5 Å². The molecule has 0 bridgehead atoms. The summed E-state index contributed by atoms with van der Waals surface area (Å²) in [5, 5.41) is 10.2. The van der Waals surface area contributed by atoms with Gasteiger partial charge in [0.15, 0.2) is 0 Å². The van der Waals surface area contributed by atoms with Crippen LogP contribution >= 0.6 is 0 Å². The molecule has 4 heteroatoms. The zero-order valence-electron chi connectivity index (χ0n) is 12.3. The maximum absolute atomic E-state index is 13.1. The van der Waals surface area contributed by atoms with E-state index in [1.165, 1.54) is 12.1 Å². The summed E-state index contributed by atoms with van der Waals surface area (Å²) in [7, 11) is 2.01. The van der Waals surface area contributed by atoms with Crippen LogP contribution < -0.4 is 5.73 Å². The number of halogens is 1. The molecule has 0 saturated heterocycles. The predicted molar refractivity (Wildman–Crippen MR) is 78.8 cm³/mol. The highest BCUT2D eigenvalue weighted by Gasteiger charge is 2.32. The highest BCUT2D eigenvalue weighted by atomic mass is 19.1. The first-order valence-corrected chi connectivity index (χ1v) is 7.41. The minimum Gasteiger partial charge on any atom is -0.391 e. The van der Waals surface area contributed by atoms with E-state index in [9.17, 15) is 9.50 Å². The van der Waals surface area contributed by atoms with Gasteiger partial charge in [0.2, 0.25) is 0 Å². The lowest BCUT2D eigenvalue weighted by atomic mass is 9.88. The molecule has 0 heterocycles. The first-order chi connectivity index (χ1) is 9.50. The molecule has 1 fully saturated rings. The molecule has 1 saturated carbocycles. The Hall–Kier alpha value is -0.970. The lowest BCUT2D eigenvalue weighted by Gasteiger charge is -2.41. The monoisotopic (exact) mass is 280 g/mol. The Morgan fingerprint density at radius 1 is 1.25 bits per heavy atom. The summed E-state index contributed by atoms with van der Waals surface area (Å²) >= 11 is 0. The van der Waals surface area contributed by atoms with Crippen LogP contribution in [0.5, 0.6) is 0 Å². The Kier molecular flexibility index (Phi) is 5.13. The van der Waals surface area contributed by atoms with Crippen molar-refractivity contribution in [1.82, 2.24) is 4.90 Å². The van der Waals surface area contributed by atoms with Crippen molar-refractivity contribution in [3.05, 3.63) is 35.6 Å². The molecule has 3 N–H and O–H groups in total. The van der Waals surface area contributed by atoms with E-state index in [-0.39, 0.29) is 30.0 Å². The van der Waals surface area contributed by atoms with Gasteiger partial charge in [-0.25, -0.2) is 4.39 Å². The quantitative estimate of drug-likeness (QED) is 0.890. The van der Waals surface area contributed by atoms with Crippen molar-refractivity contribution in [3.8, 4) is 0 Å². The summed E-state index contributed by atoms with van der Waals surface area (Å²) < 4.78 is 13.1. The third kappa shape index (κ3) is 3.37. The van der Waals surface area contributed by atoms with Crippen molar-refractivity contribution in [1.29, 1.82) is 0 Å². The molecular weight excluding hydrogens is 255 g/mol. The van der Waals surface area contributed by atoms with Gasteiger partial charge in [-0.2, -0.15) is 0 Å². The smallest absolute Gasteiger partial charge is 0.123 e. The van der Waals surface area contributed by atoms with Gasteiger partial charge in [-0.3, -0.25) is 4.90 Å². The first-order valence-electron chi connectivity index (χ1n) is 7.41. The topological polar surface area (TPSA) is 49.5 Å². The number of likely N-dealkylation sites (N-methyl/N-ethyl adjacent to an activating group) is 1. The van der Waals surface area contributed by atoms with Gasteiger partial charge in [0.05, 0.1) is 6.10 Å². The second-order valence-corrected chi connectivity index (χ2v) is 5.94. The van der Waals surface area contributed by atoms with Crippen molar-refractivity contribution in [2.75, 3.05) is 7.05 Å². The molecule has 0 aromatic heterocycles. The number of hydrogen-bond acceptors (Lipinski definition) is 3. The Bertz CT molecular complexity index is 421. The molecule has 2 rings (SSSR count). The number of aliphatic hydroxyl groups excluding tert-OH is 1. The van der Waals surface area contributed by atoms with E-state index in [2.05, 4.69) is 4.90 Å². The number of rotatable bonds is 4. The fraction of sp³-hybridized carbons (Fsp3) is 0.625. The zero-order chi connectivity index (χ0) is 14.7. The number of nitrogens with zero attached hydrogens (tertiary/aromatic N) is 1. The Morgan fingerprint density at radius 2 is 1.85 bits per heavy atom. The first kappa shape index (κ1) is 15.4. The lowest BCUT2D eigenvalue weighted by molar-refractivity contribution is 0.00790. The molecule has 0 spiro atoms. The molecular formula is C16H25FN2O. The van der Waals surface area contributed by atoms with Gasteiger partial charge in [-0.15, -0.1) is 0 Å². The summed E-state index contributed by atoms with van der Waals surface area (Å²) in [5.74, 6) is -0.238.